The molecule has 2 aromatic carbocycles. The fourth-order valence-electron chi connectivity index (χ4n) is 2.72. The molecule has 3 nitrogen and oxygen atoms in total. The first-order valence-corrected chi connectivity index (χ1v) is 7.11. The maximum absolute atomic E-state index is 12.7. The largest absolute Gasteiger partial charge is 0.311 e. The van der Waals surface area contributed by atoms with Gasteiger partial charge in [0.2, 0.25) is 0 Å². The van der Waals surface area contributed by atoms with Crippen molar-refractivity contribution in [2.24, 2.45) is 7.05 Å². The summed E-state index contributed by atoms with van der Waals surface area (Å²) in [5.41, 5.74) is 2.26. The van der Waals surface area contributed by atoms with Crippen molar-refractivity contribution in [3.63, 3.8) is 0 Å². The van der Waals surface area contributed by atoms with Crippen LogP contribution in [-0.4, -0.2) is 9.55 Å². The molecule has 22 heavy (non-hydrogen) atoms. The number of hydrogen-bond donors (Lipinski definition) is 0. The summed E-state index contributed by atoms with van der Waals surface area (Å²) in [6.07, 6.45) is 0. The fraction of sp³-hybridized carbons (Fsp3) is 0.0526. The molecule has 0 atom stereocenters. The molecule has 0 unspecified atom stereocenters. The van der Waals surface area contributed by atoms with E-state index in [2.05, 4.69) is 4.98 Å². The van der Waals surface area contributed by atoms with Crippen molar-refractivity contribution in [2.45, 2.75) is 0 Å². The van der Waals surface area contributed by atoms with Crippen molar-refractivity contribution in [1.29, 1.82) is 0 Å². The lowest BCUT2D eigenvalue weighted by Gasteiger charge is -2.09. The smallest absolute Gasteiger partial charge is 0.260 e. The number of benzene rings is 2. The van der Waals surface area contributed by atoms with Gasteiger partial charge >= 0.3 is 0 Å². The topological polar surface area (TPSA) is 34.9 Å². The quantitative estimate of drug-likeness (QED) is 0.534. The van der Waals surface area contributed by atoms with Crippen molar-refractivity contribution in [3.8, 4) is 11.3 Å². The molecule has 0 fully saturated rings. The van der Waals surface area contributed by atoms with E-state index in [1.807, 2.05) is 60.7 Å². The highest BCUT2D eigenvalue weighted by atomic mass is 16.1. The third-order valence-electron chi connectivity index (χ3n) is 3.90. The summed E-state index contributed by atoms with van der Waals surface area (Å²) in [6.45, 7) is 0. The average molecular weight is 287 g/mol. The van der Waals surface area contributed by atoms with Crippen LogP contribution in [-0.2, 0) is 7.05 Å². The number of nitrogens with zero attached hydrogens (tertiary/aromatic N) is 2. The number of hydrogen-bond acceptors (Lipinski definition) is 2. The van der Waals surface area contributed by atoms with Crippen LogP contribution >= 0.6 is 0 Å². The van der Waals surface area contributed by atoms with Gasteiger partial charge in [-0.2, -0.15) is 0 Å². The highest BCUT2D eigenvalue weighted by molar-refractivity contribution is 5.85. The predicted molar refractivity (Wildman–Crippen MR) is 89.9 cm³/mol. The molecule has 0 aliphatic heterocycles. The van der Waals surface area contributed by atoms with Gasteiger partial charge in [-0.25, -0.2) is 4.98 Å². The molecular formula is C19H14N2O. The molecule has 0 amide bonds. The molecule has 4 aromatic rings. The summed E-state index contributed by atoms with van der Waals surface area (Å²) in [5, 5.41) is 1.76. The van der Waals surface area contributed by atoms with Crippen LogP contribution in [0.4, 0.5) is 0 Å². The SMILES string of the molecule is [2H]c1c(-c2ccc3ccccc3n2)c(=O)n(C)c2ccccc12. The minimum atomic E-state index is -0.198. The lowest BCUT2D eigenvalue weighted by Crippen LogP contribution is -2.19. The van der Waals surface area contributed by atoms with E-state index >= 15 is 0 Å². The van der Waals surface area contributed by atoms with Gasteiger partial charge in [-0.3, -0.25) is 4.79 Å². The first-order valence-electron chi connectivity index (χ1n) is 7.61. The predicted octanol–water partition coefficient (Wildman–Crippen LogP) is 3.75. The van der Waals surface area contributed by atoms with E-state index in [0.717, 1.165) is 21.8 Å². The van der Waals surface area contributed by atoms with Crippen LogP contribution in [0.15, 0.2) is 71.5 Å². The Hall–Kier alpha value is -2.94. The Balaban J connectivity index is 2.10. The van der Waals surface area contributed by atoms with Crippen molar-refractivity contribution < 1.29 is 1.37 Å². The molecule has 0 aliphatic carbocycles. The van der Waals surface area contributed by atoms with E-state index in [1.54, 1.807) is 11.6 Å². The molecule has 0 saturated carbocycles. The summed E-state index contributed by atoms with van der Waals surface area (Å²) >= 11 is 0. The first kappa shape index (κ1) is 11.7. The average Bonchev–Trinajstić information content (AvgIpc) is 2.60. The van der Waals surface area contributed by atoms with Crippen LogP contribution in [0.2, 0.25) is 0 Å². The number of para-hydroxylation sites is 2. The molecule has 2 heterocycles. The van der Waals surface area contributed by atoms with E-state index in [9.17, 15) is 4.79 Å². The second kappa shape index (κ2) is 4.81. The molecule has 0 N–H and O–H groups in total. The normalized spacial score (nSPS) is 11.8. The van der Waals surface area contributed by atoms with E-state index in [4.69, 9.17) is 1.37 Å². The van der Waals surface area contributed by atoms with E-state index in [1.165, 1.54) is 0 Å². The number of fused-ring (bicyclic) bond motifs is 2. The second-order valence-electron chi connectivity index (χ2n) is 5.27. The highest BCUT2D eigenvalue weighted by Crippen LogP contribution is 2.21. The molecule has 4 rings (SSSR count). The summed E-state index contributed by atoms with van der Waals surface area (Å²) in [6, 6.07) is 19.2. The van der Waals surface area contributed by atoms with Crippen molar-refractivity contribution in [1.82, 2.24) is 9.55 Å². The number of pyridine rings is 2. The van der Waals surface area contributed by atoms with Crippen molar-refractivity contribution in [2.75, 3.05) is 0 Å². The van der Waals surface area contributed by atoms with Crippen LogP contribution in [0.25, 0.3) is 33.1 Å². The Morgan fingerprint density at radius 1 is 0.955 bits per heavy atom. The molecular weight excluding hydrogens is 272 g/mol. The Kier molecular flexibility index (Phi) is 2.56. The van der Waals surface area contributed by atoms with Gasteiger partial charge in [-0.05, 0) is 29.6 Å². The monoisotopic (exact) mass is 287 g/mol. The molecule has 0 bridgehead atoms. The summed E-state index contributed by atoms with van der Waals surface area (Å²) in [4.78, 5) is 17.3. The van der Waals surface area contributed by atoms with Crippen LogP contribution in [0.1, 0.15) is 1.37 Å². The van der Waals surface area contributed by atoms with E-state index < -0.39 is 0 Å². The summed E-state index contributed by atoms with van der Waals surface area (Å²) < 4.78 is 10.1. The lowest BCUT2D eigenvalue weighted by atomic mass is 10.1. The van der Waals surface area contributed by atoms with Crippen LogP contribution in [0, 0.1) is 0 Å². The standard InChI is InChI=1S/C19H14N2O/c1-21-18-9-5-3-7-14(18)12-15(19(21)22)17-11-10-13-6-2-4-8-16(13)20-17/h2-12H,1H3/i12D. The van der Waals surface area contributed by atoms with Gasteiger partial charge in [0.25, 0.3) is 5.56 Å². The molecule has 0 spiro atoms. The van der Waals surface area contributed by atoms with Crippen LogP contribution in [0.3, 0.4) is 0 Å². The number of aryl methyl sites for hydroxylation is 1. The Morgan fingerprint density at radius 3 is 2.55 bits per heavy atom. The van der Waals surface area contributed by atoms with Gasteiger partial charge in [0.1, 0.15) is 0 Å². The minimum Gasteiger partial charge on any atom is -0.311 e. The molecule has 3 heteroatoms. The zero-order valence-corrected chi connectivity index (χ0v) is 12.1. The van der Waals surface area contributed by atoms with Crippen LogP contribution in [0.5, 0.6) is 0 Å². The van der Waals surface area contributed by atoms with Gasteiger partial charge in [0.15, 0.2) is 0 Å². The Bertz CT molecular complexity index is 1120. The Labute approximate surface area is 128 Å². The van der Waals surface area contributed by atoms with Crippen molar-refractivity contribution >= 4 is 21.8 Å². The lowest BCUT2D eigenvalue weighted by molar-refractivity contribution is 0.907. The summed E-state index contributed by atoms with van der Waals surface area (Å²) in [7, 11) is 1.73. The zero-order valence-electron chi connectivity index (χ0n) is 13.1. The Morgan fingerprint density at radius 2 is 1.68 bits per heavy atom. The molecule has 0 saturated heterocycles. The molecule has 0 radical (unpaired) electrons. The highest BCUT2D eigenvalue weighted by Gasteiger charge is 2.10. The fourth-order valence-corrected chi connectivity index (χ4v) is 2.72. The summed E-state index contributed by atoms with van der Waals surface area (Å²) in [5.74, 6) is 0. The van der Waals surface area contributed by atoms with E-state index in [0.29, 0.717) is 11.3 Å². The first-order chi connectivity index (χ1) is 11.2. The van der Waals surface area contributed by atoms with Gasteiger partial charge in [0, 0.05) is 12.4 Å². The van der Waals surface area contributed by atoms with Crippen molar-refractivity contribution in [3.05, 3.63) is 77.1 Å². The molecule has 2 aromatic heterocycles. The molecule has 0 aliphatic rings. The zero-order chi connectivity index (χ0) is 16.0. The van der Waals surface area contributed by atoms with Gasteiger partial charge in [-0.15, -0.1) is 0 Å². The third kappa shape index (κ3) is 1.91. The van der Waals surface area contributed by atoms with Crippen LogP contribution < -0.4 is 5.56 Å². The number of aromatic nitrogens is 2. The second-order valence-corrected chi connectivity index (χ2v) is 5.27. The minimum absolute atomic E-state index is 0.198. The van der Waals surface area contributed by atoms with Gasteiger partial charge in [-0.1, -0.05) is 42.5 Å². The maximum atomic E-state index is 12.7. The third-order valence-corrected chi connectivity index (χ3v) is 3.90. The molecule has 106 valence electrons. The van der Waals surface area contributed by atoms with Gasteiger partial charge in [0.05, 0.1) is 23.7 Å². The maximum Gasteiger partial charge on any atom is 0.260 e. The van der Waals surface area contributed by atoms with Gasteiger partial charge < -0.3 is 4.57 Å². The van der Waals surface area contributed by atoms with E-state index in [-0.39, 0.29) is 11.6 Å². The number of rotatable bonds is 1.